The zero-order valence-corrected chi connectivity index (χ0v) is 10.0. The summed E-state index contributed by atoms with van der Waals surface area (Å²) in [6.07, 6.45) is 0.666. The van der Waals surface area contributed by atoms with E-state index in [-0.39, 0.29) is 18.8 Å². The second kappa shape index (κ2) is 6.36. The van der Waals surface area contributed by atoms with Gasteiger partial charge in [0.05, 0.1) is 17.9 Å². The summed E-state index contributed by atoms with van der Waals surface area (Å²) in [7, 11) is -3.92. The molecular formula is C11H14O5S. The van der Waals surface area contributed by atoms with Crippen LogP contribution in [-0.2, 0) is 14.9 Å². The molecule has 0 heterocycles. The van der Waals surface area contributed by atoms with Gasteiger partial charge in [0, 0.05) is 0 Å². The molecule has 0 fully saturated rings. The molecule has 0 saturated heterocycles. The molecule has 1 N–H and O–H groups in total. The molecule has 0 unspecified atom stereocenters. The Kier molecular flexibility index (Phi) is 5.11. The summed E-state index contributed by atoms with van der Waals surface area (Å²) in [6, 6.07) is 8.54. The quantitative estimate of drug-likeness (QED) is 0.475. The molecule has 1 aromatic carbocycles. The molecule has 0 radical (unpaired) electrons. The molecule has 0 saturated carbocycles. The molecule has 1 rings (SSSR count). The summed E-state index contributed by atoms with van der Waals surface area (Å²) in [6.45, 7) is 0.142. The van der Waals surface area contributed by atoms with Gasteiger partial charge in [-0.1, -0.05) is 18.2 Å². The fourth-order valence-electron chi connectivity index (χ4n) is 1.21. The minimum atomic E-state index is -3.92. The number of carbonyl (C=O) groups is 1. The number of benzene rings is 1. The largest absolute Gasteiger partial charge is 0.462 e. The molecule has 0 aliphatic carbocycles. The summed E-state index contributed by atoms with van der Waals surface area (Å²) in [4.78, 5) is 11.4. The van der Waals surface area contributed by atoms with Crippen LogP contribution < -0.4 is 0 Å². The van der Waals surface area contributed by atoms with Crippen molar-refractivity contribution < 1.29 is 22.5 Å². The number of carbonyl (C=O) groups excluding carboxylic acids is 1. The summed E-state index contributed by atoms with van der Waals surface area (Å²) in [5, 5.41) is 0. The number of rotatable bonds is 6. The van der Waals surface area contributed by atoms with Crippen LogP contribution in [0.1, 0.15) is 23.2 Å². The van der Waals surface area contributed by atoms with Gasteiger partial charge in [-0.3, -0.25) is 4.55 Å². The van der Waals surface area contributed by atoms with E-state index in [9.17, 15) is 13.2 Å². The van der Waals surface area contributed by atoms with Crippen LogP contribution in [0.25, 0.3) is 0 Å². The van der Waals surface area contributed by atoms with E-state index in [1.54, 1.807) is 30.3 Å². The Labute approximate surface area is 100 Å². The first-order valence-corrected chi connectivity index (χ1v) is 6.77. The highest BCUT2D eigenvalue weighted by atomic mass is 32.2. The lowest BCUT2D eigenvalue weighted by atomic mass is 10.2. The smallest absolute Gasteiger partial charge is 0.338 e. The van der Waals surface area contributed by atoms with E-state index in [4.69, 9.17) is 9.29 Å². The van der Waals surface area contributed by atoms with E-state index in [1.165, 1.54) is 0 Å². The number of ether oxygens (including phenoxy) is 1. The first-order valence-electron chi connectivity index (χ1n) is 5.16. The monoisotopic (exact) mass is 258 g/mol. The average Bonchev–Trinajstić information content (AvgIpc) is 2.28. The van der Waals surface area contributed by atoms with Crippen molar-refractivity contribution in [2.24, 2.45) is 0 Å². The Morgan fingerprint density at radius 3 is 2.41 bits per heavy atom. The zero-order valence-electron chi connectivity index (χ0n) is 9.20. The first-order chi connectivity index (χ1) is 7.99. The van der Waals surface area contributed by atoms with Gasteiger partial charge in [-0.15, -0.1) is 0 Å². The maximum absolute atomic E-state index is 11.4. The average molecular weight is 258 g/mol. The van der Waals surface area contributed by atoms with Gasteiger partial charge < -0.3 is 4.74 Å². The Morgan fingerprint density at radius 1 is 1.18 bits per heavy atom. The molecular weight excluding hydrogens is 244 g/mol. The molecule has 0 atom stereocenters. The lowest BCUT2D eigenvalue weighted by Gasteiger charge is -2.03. The molecule has 6 heteroatoms. The van der Waals surface area contributed by atoms with Gasteiger partial charge in [-0.05, 0) is 25.0 Å². The van der Waals surface area contributed by atoms with E-state index in [1.807, 2.05) is 0 Å². The van der Waals surface area contributed by atoms with E-state index < -0.39 is 16.1 Å². The fraction of sp³-hybridized carbons (Fsp3) is 0.364. The second-order valence-corrected chi connectivity index (χ2v) is 5.07. The van der Waals surface area contributed by atoms with Gasteiger partial charge in [0.1, 0.15) is 0 Å². The summed E-state index contributed by atoms with van der Waals surface area (Å²) < 4.78 is 34.2. The molecule has 0 aliphatic heterocycles. The van der Waals surface area contributed by atoms with Gasteiger partial charge >= 0.3 is 5.97 Å². The minimum absolute atomic E-state index is 0.142. The summed E-state index contributed by atoms with van der Waals surface area (Å²) in [5.74, 6) is -0.743. The predicted molar refractivity (Wildman–Crippen MR) is 62.4 cm³/mol. The fourth-order valence-corrected chi connectivity index (χ4v) is 1.78. The van der Waals surface area contributed by atoms with E-state index in [0.717, 1.165) is 0 Å². The normalized spacial score (nSPS) is 11.1. The maximum atomic E-state index is 11.4. The van der Waals surface area contributed by atoms with Crippen molar-refractivity contribution in [3.63, 3.8) is 0 Å². The molecule has 94 valence electrons. The van der Waals surface area contributed by atoms with Gasteiger partial charge in [0.25, 0.3) is 10.1 Å². The Bertz CT molecular complexity index is 452. The molecule has 0 aromatic heterocycles. The van der Waals surface area contributed by atoms with Gasteiger partial charge in [0.2, 0.25) is 0 Å². The van der Waals surface area contributed by atoms with E-state index in [2.05, 4.69) is 0 Å². The Morgan fingerprint density at radius 2 is 1.82 bits per heavy atom. The van der Waals surface area contributed by atoms with Crippen molar-refractivity contribution in [2.45, 2.75) is 12.8 Å². The third-order valence-electron chi connectivity index (χ3n) is 2.04. The molecule has 0 bridgehead atoms. The van der Waals surface area contributed by atoms with Crippen molar-refractivity contribution in [2.75, 3.05) is 12.4 Å². The van der Waals surface area contributed by atoms with Crippen LogP contribution in [0.15, 0.2) is 30.3 Å². The third kappa shape index (κ3) is 6.03. The molecule has 0 aliphatic rings. The highest BCUT2D eigenvalue weighted by Gasteiger charge is 2.07. The summed E-state index contributed by atoms with van der Waals surface area (Å²) >= 11 is 0. The van der Waals surface area contributed by atoms with Gasteiger partial charge in [0.15, 0.2) is 0 Å². The van der Waals surface area contributed by atoms with Crippen LogP contribution in [-0.4, -0.2) is 31.3 Å². The highest BCUT2D eigenvalue weighted by molar-refractivity contribution is 7.85. The Balaban J connectivity index is 2.22. The lowest BCUT2D eigenvalue weighted by molar-refractivity contribution is 0.0500. The van der Waals surface area contributed by atoms with Crippen LogP contribution >= 0.6 is 0 Å². The summed E-state index contributed by atoms with van der Waals surface area (Å²) in [5.41, 5.74) is 0.460. The Hall–Kier alpha value is -1.40. The van der Waals surface area contributed by atoms with Crippen LogP contribution in [0, 0.1) is 0 Å². The van der Waals surface area contributed by atoms with Crippen LogP contribution in [0.2, 0.25) is 0 Å². The first kappa shape index (κ1) is 13.7. The van der Waals surface area contributed by atoms with Gasteiger partial charge in [-0.25, -0.2) is 4.79 Å². The molecule has 0 spiro atoms. The van der Waals surface area contributed by atoms with Crippen molar-refractivity contribution >= 4 is 16.1 Å². The number of hydrogen-bond donors (Lipinski definition) is 1. The molecule has 17 heavy (non-hydrogen) atoms. The van der Waals surface area contributed by atoms with E-state index in [0.29, 0.717) is 12.0 Å². The molecule has 5 nitrogen and oxygen atoms in total. The van der Waals surface area contributed by atoms with Crippen molar-refractivity contribution in [3.8, 4) is 0 Å². The topological polar surface area (TPSA) is 80.7 Å². The zero-order chi connectivity index (χ0) is 12.7. The van der Waals surface area contributed by atoms with Crippen LogP contribution in [0.4, 0.5) is 0 Å². The number of unbranched alkanes of at least 4 members (excludes halogenated alkanes) is 1. The SMILES string of the molecule is O=C(OCCCCS(=O)(=O)O)c1ccccc1. The molecule has 0 amide bonds. The van der Waals surface area contributed by atoms with Gasteiger partial charge in [-0.2, -0.15) is 8.42 Å². The lowest BCUT2D eigenvalue weighted by Crippen LogP contribution is -2.08. The van der Waals surface area contributed by atoms with Crippen molar-refractivity contribution in [1.29, 1.82) is 0 Å². The third-order valence-corrected chi connectivity index (χ3v) is 2.84. The number of esters is 1. The van der Waals surface area contributed by atoms with Crippen LogP contribution in [0.3, 0.4) is 0 Å². The number of hydrogen-bond acceptors (Lipinski definition) is 4. The maximum Gasteiger partial charge on any atom is 0.338 e. The highest BCUT2D eigenvalue weighted by Crippen LogP contribution is 2.02. The van der Waals surface area contributed by atoms with Crippen molar-refractivity contribution in [3.05, 3.63) is 35.9 Å². The minimum Gasteiger partial charge on any atom is -0.462 e. The standard InChI is InChI=1S/C11H14O5S/c12-11(10-6-2-1-3-7-10)16-8-4-5-9-17(13,14)15/h1-3,6-7H,4-5,8-9H2,(H,13,14,15). The second-order valence-electron chi connectivity index (χ2n) is 3.50. The van der Waals surface area contributed by atoms with E-state index >= 15 is 0 Å². The van der Waals surface area contributed by atoms with Crippen molar-refractivity contribution in [1.82, 2.24) is 0 Å². The predicted octanol–water partition coefficient (Wildman–Crippen LogP) is 1.51. The van der Waals surface area contributed by atoms with Crippen LogP contribution in [0.5, 0.6) is 0 Å². The molecule has 1 aromatic rings.